The predicted octanol–water partition coefficient (Wildman–Crippen LogP) is 1.20. The molecule has 1 aromatic heterocycles. The fourth-order valence-electron chi connectivity index (χ4n) is 3.18. The number of nitriles is 1. The van der Waals surface area contributed by atoms with Crippen molar-refractivity contribution in [2.45, 2.75) is 6.04 Å². The molecule has 1 unspecified atom stereocenters. The third-order valence-electron chi connectivity index (χ3n) is 4.51. The number of hydrogen-bond acceptors (Lipinski definition) is 7. The molecule has 8 nitrogen and oxygen atoms in total. The summed E-state index contributed by atoms with van der Waals surface area (Å²) < 4.78 is 5.69. The highest BCUT2D eigenvalue weighted by molar-refractivity contribution is 6.30. The van der Waals surface area contributed by atoms with Crippen LogP contribution in [-0.2, 0) is 4.79 Å². The molecular weight excluding hydrogens is 344 g/mol. The SMILES string of the molecule is N#CN1CCN2CCN(c3nnc(-c4cccc(Cl)c4)o3)C(=O)C2C1. The first kappa shape index (κ1) is 15.9. The van der Waals surface area contributed by atoms with Crippen molar-refractivity contribution in [1.29, 1.82) is 5.26 Å². The maximum absolute atomic E-state index is 12.8. The Morgan fingerprint density at radius 2 is 2.08 bits per heavy atom. The monoisotopic (exact) mass is 358 g/mol. The third kappa shape index (κ3) is 2.92. The highest BCUT2D eigenvalue weighted by Gasteiger charge is 2.40. The topological polar surface area (TPSA) is 89.5 Å². The Labute approximate surface area is 149 Å². The molecule has 0 radical (unpaired) electrons. The number of aromatic nitrogens is 2. The number of nitrogens with zero attached hydrogens (tertiary/aromatic N) is 6. The van der Waals surface area contributed by atoms with Gasteiger partial charge in [-0.05, 0) is 18.2 Å². The predicted molar refractivity (Wildman–Crippen MR) is 89.6 cm³/mol. The van der Waals surface area contributed by atoms with Gasteiger partial charge in [0.05, 0.1) is 6.54 Å². The molecule has 2 fully saturated rings. The van der Waals surface area contributed by atoms with Crippen molar-refractivity contribution >= 4 is 23.5 Å². The van der Waals surface area contributed by atoms with E-state index in [2.05, 4.69) is 21.3 Å². The van der Waals surface area contributed by atoms with Crippen molar-refractivity contribution in [1.82, 2.24) is 20.0 Å². The van der Waals surface area contributed by atoms with E-state index < -0.39 is 0 Å². The molecule has 1 atom stereocenters. The standard InChI is InChI=1S/C16H15ClN6O2/c17-12-3-1-2-11(8-12)14-19-20-16(25-14)23-7-6-22-5-4-21(10-18)9-13(22)15(23)24/h1-3,8,13H,4-7,9H2. The van der Waals surface area contributed by atoms with Crippen LogP contribution in [0.4, 0.5) is 6.01 Å². The minimum Gasteiger partial charge on any atom is -0.403 e. The van der Waals surface area contributed by atoms with Gasteiger partial charge in [0, 0.05) is 36.8 Å². The van der Waals surface area contributed by atoms with Gasteiger partial charge in [-0.1, -0.05) is 22.8 Å². The van der Waals surface area contributed by atoms with Gasteiger partial charge in [0.15, 0.2) is 6.19 Å². The van der Waals surface area contributed by atoms with Gasteiger partial charge in [-0.2, -0.15) is 5.26 Å². The number of hydrogen-bond donors (Lipinski definition) is 0. The summed E-state index contributed by atoms with van der Waals surface area (Å²) in [4.78, 5) is 18.0. The summed E-state index contributed by atoms with van der Waals surface area (Å²) >= 11 is 5.99. The minimum atomic E-state index is -0.358. The van der Waals surface area contributed by atoms with Crippen LogP contribution in [0.15, 0.2) is 28.7 Å². The molecule has 9 heteroatoms. The van der Waals surface area contributed by atoms with Crippen LogP contribution >= 0.6 is 11.6 Å². The average Bonchev–Trinajstić information content (AvgIpc) is 3.12. The molecule has 2 aromatic rings. The van der Waals surface area contributed by atoms with Crippen LogP contribution in [0.25, 0.3) is 11.5 Å². The summed E-state index contributed by atoms with van der Waals surface area (Å²) in [6.07, 6.45) is 2.12. The fourth-order valence-corrected chi connectivity index (χ4v) is 3.37. The Kier molecular flexibility index (Phi) is 4.03. The van der Waals surface area contributed by atoms with Crippen molar-refractivity contribution < 1.29 is 9.21 Å². The Bertz CT molecular complexity index is 847. The van der Waals surface area contributed by atoms with Gasteiger partial charge in [-0.3, -0.25) is 14.6 Å². The molecular formula is C16H15ClN6O2. The quantitative estimate of drug-likeness (QED) is 0.745. The van der Waals surface area contributed by atoms with Crippen LogP contribution in [-0.4, -0.2) is 64.7 Å². The third-order valence-corrected chi connectivity index (χ3v) is 4.75. The molecule has 1 aromatic carbocycles. The van der Waals surface area contributed by atoms with Crippen molar-refractivity contribution in [3.8, 4) is 17.6 Å². The van der Waals surface area contributed by atoms with Crippen LogP contribution in [0.1, 0.15) is 0 Å². The van der Waals surface area contributed by atoms with E-state index in [4.69, 9.17) is 21.3 Å². The summed E-state index contributed by atoms with van der Waals surface area (Å²) in [7, 11) is 0. The lowest BCUT2D eigenvalue weighted by Crippen LogP contribution is -2.64. The maximum atomic E-state index is 12.8. The highest BCUT2D eigenvalue weighted by Crippen LogP contribution is 2.26. The first-order valence-electron chi connectivity index (χ1n) is 7.95. The second-order valence-corrected chi connectivity index (χ2v) is 6.42. The van der Waals surface area contributed by atoms with Crippen LogP contribution in [0.3, 0.4) is 0 Å². The zero-order chi connectivity index (χ0) is 17.4. The lowest BCUT2D eigenvalue weighted by Gasteiger charge is -2.43. The lowest BCUT2D eigenvalue weighted by molar-refractivity contribution is -0.128. The Morgan fingerprint density at radius 1 is 1.24 bits per heavy atom. The van der Waals surface area contributed by atoms with E-state index in [-0.39, 0.29) is 18.0 Å². The fraction of sp³-hybridized carbons (Fsp3) is 0.375. The average molecular weight is 359 g/mol. The zero-order valence-corrected chi connectivity index (χ0v) is 14.1. The largest absolute Gasteiger partial charge is 0.403 e. The molecule has 0 bridgehead atoms. The number of anilines is 1. The van der Waals surface area contributed by atoms with Crippen LogP contribution in [0.2, 0.25) is 5.02 Å². The van der Waals surface area contributed by atoms with Gasteiger partial charge in [-0.25, -0.2) is 0 Å². The van der Waals surface area contributed by atoms with Gasteiger partial charge in [-0.15, -0.1) is 5.10 Å². The minimum absolute atomic E-state index is 0.118. The van der Waals surface area contributed by atoms with Crippen LogP contribution in [0, 0.1) is 11.5 Å². The summed E-state index contributed by atoms with van der Waals surface area (Å²) in [5.41, 5.74) is 0.700. The Morgan fingerprint density at radius 3 is 2.88 bits per heavy atom. The van der Waals surface area contributed by atoms with Gasteiger partial charge in [0.2, 0.25) is 11.8 Å². The Hall–Kier alpha value is -2.63. The maximum Gasteiger partial charge on any atom is 0.325 e. The summed E-state index contributed by atoms with van der Waals surface area (Å²) in [5.74, 6) is 0.197. The first-order chi connectivity index (χ1) is 12.2. The number of carbonyl (C=O) groups excluding carboxylic acids is 1. The molecule has 1 amide bonds. The van der Waals surface area contributed by atoms with E-state index in [1.165, 1.54) is 4.90 Å². The summed E-state index contributed by atoms with van der Waals surface area (Å²) in [6, 6.07) is 6.91. The van der Waals surface area contributed by atoms with Crippen LogP contribution in [0.5, 0.6) is 0 Å². The molecule has 0 N–H and O–H groups in total. The molecule has 0 spiro atoms. The molecule has 4 rings (SSSR count). The smallest absolute Gasteiger partial charge is 0.325 e. The molecule has 0 saturated carbocycles. The molecule has 2 aliphatic heterocycles. The number of benzene rings is 1. The van der Waals surface area contributed by atoms with Gasteiger partial charge < -0.3 is 9.32 Å². The second-order valence-electron chi connectivity index (χ2n) is 5.99. The molecule has 128 valence electrons. The normalized spacial score (nSPS) is 21.1. The molecule has 2 saturated heterocycles. The van der Waals surface area contributed by atoms with Crippen molar-refractivity contribution in [3.05, 3.63) is 29.3 Å². The summed E-state index contributed by atoms with van der Waals surface area (Å²) in [5, 5.41) is 17.7. The summed E-state index contributed by atoms with van der Waals surface area (Å²) in [6.45, 7) is 2.94. The first-order valence-corrected chi connectivity index (χ1v) is 8.33. The van der Waals surface area contributed by atoms with E-state index in [0.29, 0.717) is 49.2 Å². The van der Waals surface area contributed by atoms with Crippen LogP contribution < -0.4 is 4.90 Å². The number of rotatable bonds is 2. The number of piperazine rings is 2. The van der Waals surface area contributed by atoms with Gasteiger partial charge in [0.1, 0.15) is 6.04 Å². The van der Waals surface area contributed by atoms with Crippen molar-refractivity contribution in [3.63, 3.8) is 0 Å². The van der Waals surface area contributed by atoms with Gasteiger partial charge >= 0.3 is 6.01 Å². The van der Waals surface area contributed by atoms with Crippen molar-refractivity contribution in [2.75, 3.05) is 37.6 Å². The van der Waals surface area contributed by atoms with E-state index in [9.17, 15) is 4.79 Å². The zero-order valence-electron chi connectivity index (χ0n) is 13.3. The Balaban J connectivity index is 1.56. The van der Waals surface area contributed by atoms with Crippen molar-refractivity contribution in [2.24, 2.45) is 0 Å². The number of carbonyl (C=O) groups is 1. The van der Waals surface area contributed by atoms with E-state index in [1.54, 1.807) is 23.1 Å². The van der Waals surface area contributed by atoms with E-state index in [1.807, 2.05) is 6.07 Å². The molecule has 2 aliphatic rings. The number of amides is 1. The lowest BCUT2D eigenvalue weighted by atomic mass is 10.1. The van der Waals surface area contributed by atoms with Gasteiger partial charge in [0.25, 0.3) is 0 Å². The molecule has 3 heterocycles. The highest BCUT2D eigenvalue weighted by atomic mass is 35.5. The molecule has 25 heavy (non-hydrogen) atoms. The van der Waals surface area contributed by atoms with E-state index >= 15 is 0 Å². The van der Waals surface area contributed by atoms with E-state index in [0.717, 1.165) is 0 Å². The molecule has 0 aliphatic carbocycles. The second kappa shape index (κ2) is 6.35. The number of halogens is 1. The number of fused-ring (bicyclic) bond motifs is 1.